The normalized spacial score (nSPS) is 20.4. The molecule has 216 valence electrons. The molecule has 0 saturated carbocycles. The predicted molar refractivity (Wildman–Crippen MR) is 148 cm³/mol. The van der Waals surface area contributed by atoms with Gasteiger partial charge in [-0.2, -0.15) is 0 Å². The Morgan fingerprint density at radius 2 is 2.02 bits per heavy atom. The van der Waals surface area contributed by atoms with Crippen molar-refractivity contribution >= 4 is 40.6 Å². The largest absolute Gasteiger partial charge is 0.496 e. The number of amidine groups is 1. The van der Waals surface area contributed by atoms with Gasteiger partial charge in [-0.3, -0.25) is 24.7 Å². The summed E-state index contributed by atoms with van der Waals surface area (Å²) in [4.78, 5) is 56.1. The third-order valence-corrected chi connectivity index (χ3v) is 7.27. The fourth-order valence-electron chi connectivity index (χ4n) is 5.27. The molecular weight excluding hydrogens is 516 g/mol. The zero-order chi connectivity index (χ0) is 29.0. The van der Waals surface area contributed by atoms with Crippen LogP contribution >= 0.6 is 0 Å². The van der Waals surface area contributed by atoms with Gasteiger partial charge in [0.1, 0.15) is 23.3 Å². The summed E-state index contributed by atoms with van der Waals surface area (Å²) in [6.07, 6.45) is 0.0764. The van der Waals surface area contributed by atoms with E-state index in [0.717, 1.165) is 10.9 Å². The van der Waals surface area contributed by atoms with Gasteiger partial charge in [0.25, 0.3) is 5.91 Å². The lowest BCUT2D eigenvalue weighted by atomic mass is 9.93. The van der Waals surface area contributed by atoms with E-state index in [1.807, 2.05) is 32.9 Å². The molecule has 2 aromatic rings. The van der Waals surface area contributed by atoms with Gasteiger partial charge in [0.05, 0.1) is 13.2 Å². The molecule has 2 aliphatic rings. The van der Waals surface area contributed by atoms with Gasteiger partial charge < -0.3 is 30.4 Å². The summed E-state index contributed by atoms with van der Waals surface area (Å²) < 4.78 is 10.9. The Bertz CT molecular complexity index is 1290. The third kappa shape index (κ3) is 6.21. The molecule has 0 spiro atoms. The molecule has 5 N–H and O–H groups in total. The predicted octanol–water partition coefficient (Wildman–Crippen LogP) is 2.54. The van der Waals surface area contributed by atoms with Crippen molar-refractivity contribution in [3.05, 3.63) is 30.0 Å². The number of hydrogen-bond donors (Lipinski definition) is 5. The van der Waals surface area contributed by atoms with E-state index in [2.05, 4.69) is 20.9 Å². The molecule has 0 bridgehead atoms. The summed E-state index contributed by atoms with van der Waals surface area (Å²) in [7, 11) is 1.55. The maximum atomic E-state index is 13.7. The van der Waals surface area contributed by atoms with Crippen molar-refractivity contribution in [2.24, 2.45) is 11.8 Å². The van der Waals surface area contributed by atoms with Crippen LogP contribution in [0.25, 0.3) is 10.9 Å². The molecule has 3 heterocycles. The molecule has 12 heteroatoms. The second kappa shape index (κ2) is 12.4. The molecule has 4 amide bonds. The van der Waals surface area contributed by atoms with Crippen LogP contribution in [0.15, 0.2) is 24.3 Å². The van der Waals surface area contributed by atoms with Crippen molar-refractivity contribution in [2.75, 3.05) is 20.2 Å². The average Bonchev–Trinajstić information content (AvgIpc) is 3.61. The van der Waals surface area contributed by atoms with Crippen LogP contribution in [-0.2, 0) is 14.3 Å². The van der Waals surface area contributed by atoms with Gasteiger partial charge in [-0.25, -0.2) is 4.79 Å². The van der Waals surface area contributed by atoms with Gasteiger partial charge >= 0.3 is 6.09 Å². The lowest BCUT2D eigenvalue weighted by molar-refractivity contribution is -0.126. The van der Waals surface area contributed by atoms with E-state index >= 15 is 0 Å². The molecule has 0 radical (unpaired) electrons. The number of rotatable bonds is 12. The molecule has 2 aliphatic heterocycles. The van der Waals surface area contributed by atoms with Crippen molar-refractivity contribution in [1.82, 2.24) is 25.8 Å². The Kier molecular flexibility index (Phi) is 8.96. The Balaban J connectivity index is 1.55. The van der Waals surface area contributed by atoms with E-state index in [1.165, 1.54) is 4.90 Å². The van der Waals surface area contributed by atoms with E-state index in [1.54, 1.807) is 19.2 Å². The Morgan fingerprint density at radius 3 is 2.67 bits per heavy atom. The maximum Gasteiger partial charge on any atom is 0.416 e. The quantitative estimate of drug-likeness (QED) is 0.270. The molecule has 2 fully saturated rings. The Labute approximate surface area is 233 Å². The van der Waals surface area contributed by atoms with Gasteiger partial charge in [0.2, 0.25) is 11.8 Å². The number of nitrogens with zero attached hydrogens (tertiary/aromatic N) is 1. The van der Waals surface area contributed by atoms with Crippen molar-refractivity contribution in [3.63, 3.8) is 0 Å². The summed E-state index contributed by atoms with van der Waals surface area (Å²) in [5, 5.41) is 17.9. The number of aromatic nitrogens is 1. The molecule has 0 aliphatic carbocycles. The molecule has 4 atom stereocenters. The molecular formula is C28H38N6O6. The van der Waals surface area contributed by atoms with Crippen LogP contribution in [0.2, 0.25) is 0 Å². The highest BCUT2D eigenvalue weighted by molar-refractivity contribution is 6.03. The van der Waals surface area contributed by atoms with Crippen LogP contribution in [0.5, 0.6) is 5.75 Å². The van der Waals surface area contributed by atoms with E-state index in [4.69, 9.17) is 14.9 Å². The van der Waals surface area contributed by atoms with Gasteiger partial charge in [0.15, 0.2) is 6.10 Å². The first-order chi connectivity index (χ1) is 19.1. The number of nitrogens with one attached hydrogen (secondary N) is 5. The van der Waals surface area contributed by atoms with Crippen LogP contribution in [0, 0.1) is 17.2 Å². The highest BCUT2D eigenvalue weighted by Gasteiger charge is 2.44. The highest BCUT2D eigenvalue weighted by atomic mass is 16.6. The lowest BCUT2D eigenvalue weighted by Crippen LogP contribution is -2.55. The first-order valence-corrected chi connectivity index (χ1v) is 13.7. The lowest BCUT2D eigenvalue weighted by Gasteiger charge is -2.28. The number of cyclic esters (lactones) is 1. The maximum absolute atomic E-state index is 13.7. The summed E-state index contributed by atoms with van der Waals surface area (Å²) >= 11 is 0. The summed E-state index contributed by atoms with van der Waals surface area (Å²) in [5.41, 5.74) is 1.00. The van der Waals surface area contributed by atoms with Crippen molar-refractivity contribution in [2.45, 2.75) is 64.6 Å². The smallest absolute Gasteiger partial charge is 0.416 e. The number of benzene rings is 1. The fraction of sp³-hybridized carbons (Fsp3) is 0.536. The SMILES string of the molecule is CCCN1C(=N)C(C(CC2CCNC2=O)NC(=O)C(CC(C)C)NC(=O)c2cc3c(OC)cccc3[nH]2)OC1=O. The van der Waals surface area contributed by atoms with Crippen LogP contribution in [0.3, 0.4) is 0 Å². The number of ether oxygens (including phenoxy) is 2. The first kappa shape index (κ1) is 28.9. The summed E-state index contributed by atoms with van der Waals surface area (Å²) in [6.45, 7) is 6.61. The van der Waals surface area contributed by atoms with E-state index in [0.29, 0.717) is 38.1 Å². The number of aromatic amines is 1. The molecule has 40 heavy (non-hydrogen) atoms. The molecule has 1 aromatic carbocycles. The standard InChI is InChI=1S/C28H38N6O6/c1-5-11-34-24(29)23(40-28(34)38)19(13-16-9-10-30-25(16)35)32-26(36)20(12-15(2)3)33-27(37)21-14-17-18(31-21)7-6-8-22(17)39-4/h6-8,14-16,19-20,23,29,31H,5,9-13H2,1-4H3,(H,30,35)(H,32,36)(H,33,37). The zero-order valence-electron chi connectivity index (χ0n) is 23.3. The summed E-state index contributed by atoms with van der Waals surface area (Å²) in [6, 6.07) is 5.40. The minimum Gasteiger partial charge on any atom is -0.496 e. The number of hydrogen-bond acceptors (Lipinski definition) is 7. The van der Waals surface area contributed by atoms with E-state index in [-0.39, 0.29) is 29.8 Å². The molecule has 1 aromatic heterocycles. The highest BCUT2D eigenvalue weighted by Crippen LogP contribution is 2.27. The van der Waals surface area contributed by atoms with Crippen LogP contribution < -0.4 is 20.7 Å². The minimum absolute atomic E-state index is 0.0491. The van der Waals surface area contributed by atoms with Crippen LogP contribution in [0.1, 0.15) is 56.9 Å². The van der Waals surface area contributed by atoms with E-state index in [9.17, 15) is 19.2 Å². The number of carbonyl (C=O) groups excluding carboxylic acids is 4. The number of carbonyl (C=O) groups is 4. The third-order valence-electron chi connectivity index (χ3n) is 7.27. The first-order valence-electron chi connectivity index (χ1n) is 13.7. The molecule has 2 saturated heterocycles. The monoisotopic (exact) mass is 554 g/mol. The van der Waals surface area contributed by atoms with Gasteiger partial charge in [0, 0.05) is 29.9 Å². The molecule has 4 unspecified atom stereocenters. The van der Waals surface area contributed by atoms with Crippen LogP contribution in [-0.4, -0.2) is 77.9 Å². The van der Waals surface area contributed by atoms with Gasteiger partial charge in [-0.05, 0) is 49.8 Å². The molecule has 4 rings (SSSR count). The number of H-pyrrole nitrogens is 1. The Morgan fingerprint density at radius 1 is 1.25 bits per heavy atom. The second-order valence-electron chi connectivity index (χ2n) is 10.7. The van der Waals surface area contributed by atoms with E-state index < -0.39 is 42.0 Å². The average molecular weight is 555 g/mol. The van der Waals surface area contributed by atoms with Crippen LogP contribution in [0.4, 0.5) is 4.79 Å². The van der Waals surface area contributed by atoms with Crippen molar-refractivity contribution < 1.29 is 28.7 Å². The Hall–Kier alpha value is -4.09. The second-order valence-corrected chi connectivity index (χ2v) is 10.7. The summed E-state index contributed by atoms with van der Waals surface area (Å²) in [5.74, 6) is -0.823. The number of methoxy groups -OCH3 is 1. The number of fused-ring (bicyclic) bond motifs is 1. The van der Waals surface area contributed by atoms with Gasteiger partial charge in [-0.1, -0.05) is 26.8 Å². The number of amides is 4. The fourth-order valence-corrected chi connectivity index (χ4v) is 5.27. The molecule has 12 nitrogen and oxygen atoms in total. The topological polar surface area (TPSA) is 166 Å². The zero-order valence-corrected chi connectivity index (χ0v) is 23.3. The van der Waals surface area contributed by atoms with Crippen molar-refractivity contribution in [3.8, 4) is 5.75 Å². The van der Waals surface area contributed by atoms with Gasteiger partial charge in [-0.15, -0.1) is 0 Å². The minimum atomic E-state index is -1.03. The van der Waals surface area contributed by atoms with Crippen molar-refractivity contribution in [1.29, 1.82) is 5.41 Å².